The molecule has 0 spiro atoms. The smallest absolute Gasteiger partial charge is 0.162 e. The maximum Gasteiger partial charge on any atom is 0.162 e. The quantitative estimate of drug-likeness (QED) is 0.741. The molecule has 1 N–H and O–H groups in total. The van der Waals surface area contributed by atoms with Gasteiger partial charge in [0.1, 0.15) is 6.61 Å². The Labute approximate surface area is 134 Å². The molecule has 0 heterocycles. The molecule has 0 unspecified atom stereocenters. The molecule has 0 amide bonds. The Morgan fingerprint density at radius 3 is 2.48 bits per heavy atom. The van der Waals surface area contributed by atoms with E-state index < -0.39 is 0 Å². The fourth-order valence-corrected chi connectivity index (χ4v) is 1.64. The van der Waals surface area contributed by atoms with Gasteiger partial charge in [-0.15, -0.1) is 18.8 Å². The molecular weight excluding hydrogens is 286 g/mol. The van der Waals surface area contributed by atoms with Gasteiger partial charge in [0.05, 0.1) is 6.61 Å². The Morgan fingerprint density at radius 1 is 1.19 bits per heavy atom. The molecule has 0 bridgehead atoms. The Bertz CT molecular complexity index is 466. The Hall–Kier alpha value is -1.37. The minimum Gasteiger partial charge on any atom is -0.490 e. The van der Waals surface area contributed by atoms with Gasteiger partial charge in [0.25, 0.3) is 0 Å². The van der Waals surface area contributed by atoms with Crippen molar-refractivity contribution in [2.45, 2.75) is 46.2 Å². The number of ether oxygens (including phenoxy) is 2. The van der Waals surface area contributed by atoms with Crippen molar-refractivity contribution in [3.8, 4) is 23.8 Å². The van der Waals surface area contributed by atoms with Gasteiger partial charge in [-0.25, -0.2) is 0 Å². The third-order valence-corrected chi connectivity index (χ3v) is 3.27. The van der Waals surface area contributed by atoms with E-state index in [1.807, 2.05) is 25.1 Å². The second-order valence-corrected chi connectivity index (χ2v) is 5.30. The van der Waals surface area contributed by atoms with Gasteiger partial charge in [-0.2, -0.15) is 0 Å². The Balaban J connectivity index is 0.00000400. The van der Waals surface area contributed by atoms with E-state index in [4.69, 9.17) is 15.9 Å². The second-order valence-electron chi connectivity index (χ2n) is 5.30. The van der Waals surface area contributed by atoms with Gasteiger partial charge in [-0.3, -0.25) is 0 Å². The summed E-state index contributed by atoms with van der Waals surface area (Å²) >= 11 is 0. The summed E-state index contributed by atoms with van der Waals surface area (Å²) in [6.07, 6.45) is 6.29. The van der Waals surface area contributed by atoms with Crippen LogP contribution in [0.2, 0.25) is 0 Å². The number of hydrogen-bond acceptors (Lipinski definition) is 3. The van der Waals surface area contributed by atoms with Crippen molar-refractivity contribution in [2.24, 2.45) is 0 Å². The molecule has 0 atom stereocenters. The molecule has 4 heteroatoms. The monoisotopic (exact) mass is 311 g/mol. The van der Waals surface area contributed by atoms with Gasteiger partial charge in [-0.1, -0.05) is 18.9 Å². The van der Waals surface area contributed by atoms with E-state index in [0.717, 1.165) is 18.7 Å². The summed E-state index contributed by atoms with van der Waals surface area (Å²) in [5.41, 5.74) is 1.30. The van der Waals surface area contributed by atoms with Crippen LogP contribution >= 0.6 is 12.4 Å². The van der Waals surface area contributed by atoms with E-state index in [1.54, 1.807) is 0 Å². The van der Waals surface area contributed by atoms with E-state index in [-0.39, 0.29) is 24.6 Å². The van der Waals surface area contributed by atoms with Crippen LogP contribution in [-0.2, 0) is 6.54 Å². The molecule has 1 aromatic carbocycles. The topological polar surface area (TPSA) is 30.5 Å². The van der Waals surface area contributed by atoms with Crippen LogP contribution in [-0.4, -0.2) is 18.8 Å². The third kappa shape index (κ3) is 6.75. The highest BCUT2D eigenvalue weighted by Crippen LogP contribution is 2.28. The fraction of sp³-hybridized carbons (Fsp3) is 0.529. The molecule has 0 radical (unpaired) electrons. The van der Waals surface area contributed by atoms with Crippen LogP contribution in [0.4, 0.5) is 0 Å². The molecule has 0 aliphatic carbocycles. The predicted octanol–water partition coefficient (Wildman–Crippen LogP) is 3.80. The summed E-state index contributed by atoms with van der Waals surface area (Å²) in [7, 11) is 0. The normalized spacial score (nSPS) is 10.4. The van der Waals surface area contributed by atoms with Crippen LogP contribution in [0.15, 0.2) is 18.2 Å². The zero-order valence-corrected chi connectivity index (χ0v) is 14.2. The highest BCUT2D eigenvalue weighted by Gasteiger charge is 2.14. The summed E-state index contributed by atoms with van der Waals surface area (Å²) in [6, 6.07) is 5.96. The fourth-order valence-electron chi connectivity index (χ4n) is 1.64. The average Bonchev–Trinajstić information content (AvgIpc) is 2.44. The molecule has 118 valence electrons. The van der Waals surface area contributed by atoms with E-state index in [1.165, 1.54) is 5.56 Å². The second kappa shape index (κ2) is 9.55. The van der Waals surface area contributed by atoms with Crippen molar-refractivity contribution in [1.82, 2.24) is 5.32 Å². The molecule has 1 aromatic rings. The van der Waals surface area contributed by atoms with Gasteiger partial charge < -0.3 is 14.8 Å². The van der Waals surface area contributed by atoms with Crippen LogP contribution in [0.25, 0.3) is 0 Å². The van der Waals surface area contributed by atoms with Crippen LogP contribution in [0.5, 0.6) is 11.5 Å². The summed E-state index contributed by atoms with van der Waals surface area (Å²) < 4.78 is 11.1. The van der Waals surface area contributed by atoms with Crippen LogP contribution in [0, 0.1) is 12.3 Å². The van der Waals surface area contributed by atoms with E-state index >= 15 is 0 Å². The van der Waals surface area contributed by atoms with Gasteiger partial charge in [0.15, 0.2) is 11.5 Å². The lowest BCUT2D eigenvalue weighted by Crippen LogP contribution is -2.37. The summed E-state index contributed by atoms with van der Waals surface area (Å²) in [6.45, 7) is 10.2. The van der Waals surface area contributed by atoms with Crippen molar-refractivity contribution in [2.75, 3.05) is 13.2 Å². The molecule has 0 aliphatic heterocycles. The highest BCUT2D eigenvalue weighted by atomic mass is 35.5. The van der Waals surface area contributed by atoms with Crippen molar-refractivity contribution < 1.29 is 9.47 Å². The van der Waals surface area contributed by atoms with Crippen LogP contribution in [0.3, 0.4) is 0 Å². The molecule has 1 rings (SSSR count). The molecule has 0 saturated heterocycles. The van der Waals surface area contributed by atoms with Gasteiger partial charge in [-0.05, 0) is 44.9 Å². The number of terminal acetylenes is 1. The molecule has 3 nitrogen and oxygen atoms in total. The van der Waals surface area contributed by atoms with Gasteiger partial charge >= 0.3 is 0 Å². The number of benzene rings is 1. The summed E-state index contributed by atoms with van der Waals surface area (Å²) in [5.74, 6) is 3.91. The first-order chi connectivity index (χ1) is 9.52. The number of rotatable bonds is 8. The lowest BCUT2D eigenvalue weighted by molar-refractivity contribution is 0.298. The standard InChI is InChI=1S/C17H25NO2.ClH/c1-6-11-20-15-10-9-14(12-16(15)19-8-3)13-18-17(4,5)7-2;/h1,9-10,12,18H,7-8,11,13H2,2-5H3;1H. The SMILES string of the molecule is C#CCOc1ccc(CNC(C)(C)CC)cc1OCC.Cl. The number of hydrogen-bond donors (Lipinski definition) is 1. The highest BCUT2D eigenvalue weighted by molar-refractivity contribution is 5.85. The number of halogens is 1. The summed E-state index contributed by atoms with van der Waals surface area (Å²) in [4.78, 5) is 0. The average molecular weight is 312 g/mol. The maximum absolute atomic E-state index is 5.61. The number of nitrogens with one attached hydrogen (secondary N) is 1. The third-order valence-electron chi connectivity index (χ3n) is 3.27. The van der Waals surface area contributed by atoms with E-state index in [0.29, 0.717) is 12.4 Å². The van der Waals surface area contributed by atoms with E-state index in [9.17, 15) is 0 Å². The predicted molar refractivity (Wildman–Crippen MR) is 90.4 cm³/mol. The molecular formula is C17H26ClNO2. The van der Waals surface area contributed by atoms with E-state index in [2.05, 4.69) is 32.0 Å². The Morgan fingerprint density at radius 2 is 1.90 bits per heavy atom. The zero-order valence-electron chi connectivity index (χ0n) is 13.4. The molecule has 0 aliphatic rings. The minimum absolute atomic E-state index is 0. The first kappa shape index (κ1) is 19.6. The zero-order chi connectivity index (χ0) is 15.0. The first-order valence-electron chi connectivity index (χ1n) is 7.09. The van der Waals surface area contributed by atoms with Crippen LogP contribution in [0.1, 0.15) is 39.7 Å². The van der Waals surface area contributed by atoms with Crippen molar-refractivity contribution >= 4 is 12.4 Å². The maximum atomic E-state index is 5.61. The van der Waals surface area contributed by atoms with Crippen molar-refractivity contribution in [3.63, 3.8) is 0 Å². The minimum atomic E-state index is 0. The largest absolute Gasteiger partial charge is 0.490 e. The molecule has 0 saturated carbocycles. The Kier molecular flexibility index (Phi) is 8.92. The van der Waals surface area contributed by atoms with Gasteiger partial charge in [0, 0.05) is 12.1 Å². The van der Waals surface area contributed by atoms with Crippen molar-refractivity contribution in [1.29, 1.82) is 0 Å². The van der Waals surface area contributed by atoms with Gasteiger partial charge in [0.2, 0.25) is 0 Å². The molecule has 0 fully saturated rings. The first-order valence-corrected chi connectivity index (χ1v) is 7.09. The lowest BCUT2D eigenvalue weighted by atomic mass is 10.0. The summed E-state index contributed by atoms with van der Waals surface area (Å²) in [5, 5.41) is 3.53. The van der Waals surface area contributed by atoms with Crippen LogP contribution < -0.4 is 14.8 Å². The lowest BCUT2D eigenvalue weighted by Gasteiger charge is -2.24. The van der Waals surface area contributed by atoms with Crippen molar-refractivity contribution in [3.05, 3.63) is 23.8 Å². The molecule has 21 heavy (non-hydrogen) atoms. The molecule has 0 aromatic heterocycles.